The van der Waals surface area contributed by atoms with Crippen LogP contribution < -0.4 is 5.73 Å². The van der Waals surface area contributed by atoms with Gasteiger partial charge in [-0.25, -0.2) is 0 Å². The highest BCUT2D eigenvalue weighted by atomic mass is 16.4. The number of likely N-dealkylation sites (tertiary alicyclic amines) is 1. The minimum atomic E-state index is -0.680. The van der Waals surface area contributed by atoms with Crippen molar-refractivity contribution in [1.29, 1.82) is 0 Å². The number of carboxylic acid groups (broad SMARTS) is 1. The summed E-state index contributed by atoms with van der Waals surface area (Å²) in [6, 6.07) is 0. The molecule has 0 bridgehead atoms. The summed E-state index contributed by atoms with van der Waals surface area (Å²) in [6.45, 7) is 3.81. The summed E-state index contributed by atoms with van der Waals surface area (Å²) in [5.74, 6) is -0.118. The molecule has 82 valence electrons. The maximum absolute atomic E-state index is 10.4. The van der Waals surface area contributed by atoms with Crippen LogP contribution in [0.4, 0.5) is 0 Å². The van der Waals surface area contributed by atoms with Crippen molar-refractivity contribution in [2.24, 2.45) is 11.7 Å². The Balaban J connectivity index is 2.21. The lowest BCUT2D eigenvalue weighted by atomic mass is 9.93. The smallest absolute Gasteiger partial charge is 0.303 e. The van der Waals surface area contributed by atoms with E-state index in [0.29, 0.717) is 18.9 Å². The highest BCUT2D eigenvalue weighted by Gasteiger charge is 2.19. The van der Waals surface area contributed by atoms with Crippen molar-refractivity contribution in [2.75, 3.05) is 26.2 Å². The molecule has 1 heterocycles. The molecule has 1 unspecified atom stereocenters. The Labute approximate surface area is 85.1 Å². The number of nitrogens with zero attached hydrogens (tertiary/aromatic N) is 1. The van der Waals surface area contributed by atoms with Crippen LogP contribution in [-0.2, 0) is 4.79 Å². The first-order valence-electron chi connectivity index (χ1n) is 5.36. The fourth-order valence-corrected chi connectivity index (χ4v) is 2.10. The summed E-state index contributed by atoms with van der Waals surface area (Å²) in [4.78, 5) is 12.8. The largest absolute Gasteiger partial charge is 0.481 e. The van der Waals surface area contributed by atoms with Crippen molar-refractivity contribution in [2.45, 2.75) is 25.7 Å². The fraction of sp³-hybridized carbons (Fsp3) is 0.900. The summed E-state index contributed by atoms with van der Waals surface area (Å²) < 4.78 is 0. The average Bonchev–Trinajstić information content (AvgIpc) is 2.16. The van der Waals surface area contributed by atoms with Crippen LogP contribution >= 0.6 is 0 Å². The van der Waals surface area contributed by atoms with Gasteiger partial charge in [0.15, 0.2) is 0 Å². The lowest BCUT2D eigenvalue weighted by Crippen LogP contribution is -2.38. The van der Waals surface area contributed by atoms with E-state index in [-0.39, 0.29) is 0 Å². The van der Waals surface area contributed by atoms with Crippen LogP contribution in [0.5, 0.6) is 0 Å². The quantitative estimate of drug-likeness (QED) is 0.679. The van der Waals surface area contributed by atoms with E-state index in [2.05, 4.69) is 4.90 Å². The Morgan fingerprint density at radius 3 is 3.00 bits per heavy atom. The molecular weight excluding hydrogens is 180 g/mol. The maximum atomic E-state index is 10.4. The molecule has 1 saturated heterocycles. The van der Waals surface area contributed by atoms with Crippen molar-refractivity contribution < 1.29 is 9.90 Å². The third-order valence-electron chi connectivity index (χ3n) is 2.81. The summed E-state index contributed by atoms with van der Waals surface area (Å²) in [5.41, 5.74) is 5.49. The minimum Gasteiger partial charge on any atom is -0.481 e. The van der Waals surface area contributed by atoms with Gasteiger partial charge in [0.25, 0.3) is 0 Å². The third-order valence-corrected chi connectivity index (χ3v) is 2.81. The molecule has 4 heteroatoms. The van der Waals surface area contributed by atoms with Gasteiger partial charge in [-0.05, 0) is 31.7 Å². The van der Waals surface area contributed by atoms with E-state index in [9.17, 15) is 4.79 Å². The van der Waals surface area contributed by atoms with Crippen molar-refractivity contribution >= 4 is 5.97 Å². The molecule has 1 atom stereocenters. The van der Waals surface area contributed by atoms with Gasteiger partial charge in [-0.2, -0.15) is 0 Å². The number of hydrogen-bond acceptors (Lipinski definition) is 3. The van der Waals surface area contributed by atoms with Crippen LogP contribution in [0.25, 0.3) is 0 Å². The van der Waals surface area contributed by atoms with Crippen molar-refractivity contribution in [3.8, 4) is 0 Å². The molecule has 4 nitrogen and oxygen atoms in total. The summed E-state index contributed by atoms with van der Waals surface area (Å²) in [7, 11) is 0. The number of aliphatic carboxylic acids is 1. The van der Waals surface area contributed by atoms with Gasteiger partial charge >= 0.3 is 5.97 Å². The molecule has 14 heavy (non-hydrogen) atoms. The average molecular weight is 200 g/mol. The van der Waals surface area contributed by atoms with Crippen LogP contribution in [0.2, 0.25) is 0 Å². The zero-order valence-electron chi connectivity index (χ0n) is 8.61. The van der Waals surface area contributed by atoms with Crippen LogP contribution in [0, 0.1) is 5.92 Å². The van der Waals surface area contributed by atoms with E-state index in [1.165, 1.54) is 12.8 Å². The Kier molecular flexibility index (Phi) is 4.90. The van der Waals surface area contributed by atoms with Crippen molar-refractivity contribution in [3.63, 3.8) is 0 Å². The van der Waals surface area contributed by atoms with E-state index < -0.39 is 5.97 Å². The Morgan fingerprint density at radius 1 is 1.57 bits per heavy atom. The highest BCUT2D eigenvalue weighted by Crippen LogP contribution is 2.20. The predicted octanol–water partition coefficient (Wildman–Crippen LogP) is 0.522. The monoisotopic (exact) mass is 200 g/mol. The first kappa shape index (κ1) is 11.5. The van der Waals surface area contributed by atoms with Crippen molar-refractivity contribution in [3.05, 3.63) is 0 Å². The first-order chi connectivity index (χ1) is 6.72. The van der Waals surface area contributed by atoms with Crippen LogP contribution in [0.15, 0.2) is 0 Å². The molecule has 1 rings (SSSR count). The van der Waals surface area contributed by atoms with Gasteiger partial charge in [-0.1, -0.05) is 0 Å². The normalized spacial score (nSPS) is 23.6. The molecule has 0 radical (unpaired) electrons. The van der Waals surface area contributed by atoms with E-state index in [4.69, 9.17) is 10.8 Å². The molecule has 0 aromatic heterocycles. The summed E-state index contributed by atoms with van der Waals surface area (Å²) in [6.07, 6.45) is 3.48. The molecule has 0 spiro atoms. The molecule has 3 N–H and O–H groups in total. The number of piperidine rings is 1. The molecule has 0 aromatic carbocycles. The van der Waals surface area contributed by atoms with Gasteiger partial charge in [0.05, 0.1) is 0 Å². The molecule has 1 fully saturated rings. The van der Waals surface area contributed by atoms with E-state index in [1.54, 1.807) is 0 Å². The number of rotatable bonds is 5. The zero-order valence-corrected chi connectivity index (χ0v) is 8.61. The van der Waals surface area contributed by atoms with Gasteiger partial charge in [-0.3, -0.25) is 4.79 Å². The topological polar surface area (TPSA) is 66.6 Å². The lowest BCUT2D eigenvalue weighted by molar-refractivity contribution is -0.137. The van der Waals surface area contributed by atoms with Crippen LogP contribution in [-0.4, -0.2) is 42.2 Å². The SMILES string of the molecule is NCCN1CCCC(CCC(=O)O)C1. The van der Waals surface area contributed by atoms with Gasteiger partial charge in [-0.15, -0.1) is 0 Å². The Bertz CT molecular complexity index is 183. The summed E-state index contributed by atoms with van der Waals surface area (Å²) in [5, 5.41) is 8.58. The standard InChI is InChI=1S/C10H20N2O2/c11-5-7-12-6-1-2-9(8-12)3-4-10(13)14/h9H,1-8,11H2,(H,13,14). The first-order valence-corrected chi connectivity index (χ1v) is 5.36. The Hall–Kier alpha value is -0.610. The lowest BCUT2D eigenvalue weighted by Gasteiger charge is -2.32. The van der Waals surface area contributed by atoms with Gasteiger partial charge < -0.3 is 15.7 Å². The predicted molar refractivity (Wildman–Crippen MR) is 55.1 cm³/mol. The second-order valence-electron chi connectivity index (χ2n) is 4.03. The summed E-state index contributed by atoms with van der Waals surface area (Å²) >= 11 is 0. The number of carboxylic acids is 1. The highest BCUT2D eigenvalue weighted by molar-refractivity contribution is 5.66. The second kappa shape index (κ2) is 5.98. The molecule has 0 aliphatic carbocycles. The van der Waals surface area contributed by atoms with Crippen molar-refractivity contribution in [1.82, 2.24) is 4.90 Å². The molecule has 0 aromatic rings. The number of hydrogen-bond donors (Lipinski definition) is 2. The molecule has 1 aliphatic rings. The third kappa shape index (κ3) is 4.07. The van der Waals surface area contributed by atoms with E-state index in [1.807, 2.05) is 0 Å². The van der Waals surface area contributed by atoms with Crippen LogP contribution in [0.3, 0.4) is 0 Å². The fourth-order valence-electron chi connectivity index (χ4n) is 2.10. The van der Waals surface area contributed by atoms with Crippen LogP contribution in [0.1, 0.15) is 25.7 Å². The maximum Gasteiger partial charge on any atom is 0.303 e. The number of carbonyl (C=O) groups is 1. The molecule has 1 aliphatic heterocycles. The molecule has 0 amide bonds. The Morgan fingerprint density at radius 2 is 2.36 bits per heavy atom. The molecular formula is C10H20N2O2. The molecule has 0 saturated carbocycles. The van der Waals surface area contributed by atoms with Gasteiger partial charge in [0, 0.05) is 26.1 Å². The number of nitrogens with two attached hydrogens (primary N) is 1. The zero-order chi connectivity index (χ0) is 10.4. The van der Waals surface area contributed by atoms with Gasteiger partial charge in [0.2, 0.25) is 0 Å². The van der Waals surface area contributed by atoms with Gasteiger partial charge in [0.1, 0.15) is 0 Å². The van der Waals surface area contributed by atoms with E-state index in [0.717, 1.165) is 26.1 Å². The minimum absolute atomic E-state index is 0.307. The van der Waals surface area contributed by atoms with E-state index >= 15 is 0 Å². The second-order valence-corrected chi connectivity index (χ2v) is 4.03.